The first-order valence-corrected chi connectivity index (χ1v) is 10.1. The number of nitrogens with zero attached hydrogens (tertiary/aromatic N) is 4. The molecule has 0 aliphatic carbocycles. The molecule has 6 heteroatoms. The number of hydrogen-bond acceptors (Lipinski definition) is 5. The smallest absolute Gasteiger partial charge is 0.178 e. The molecule has 0 amide bonds. The summed E-state index contributed by atoms with van der Waals surface area (Å²) in [7, 11) is 0. The largest absolute Gasteiger partial charge is 0.379 e. The minimum atomic E-state index is 0.789. The molecular formula is C22H29N5O. The van der Waals surface area contributed by atoms with Gasteiger partial charge in [0.05, 0.1) is 18.9 Å². The number of benzene rings is 1. The molecule has 0 bridgehead atoms. The molecular weight excluding hydrogens is 350 g/mol. The lowest BCUT2D eigenvalue weighted by atomic mass is 10.00. The Morgan fingerprint density at radius 3 is 2.79 bits per heavy atom. The van der Waals surface area contributed by atoms with Crippen LogP contribution in [0.15, 0.2) is 30.5 Å². The average Bonchev–Trinajstić information content (AvgIpc) is 3.07. The first-order valence-electron chi connectivity index (χ1n) is 10.1. The van der Waals surface area contributed by atoms with E-state index in [1.807, 2.05) is 11.4 Å². The number of pyridine rings is 1. The van der Waals surface area contributed by atoms with Crippen molar-refractivity contribution in [3.63, 3.8) is 0 Å². The van der Waals surface area contributed by atoms with Gasteiger partial charge in [-0.05, 0) is 48.6 Å². The van der Waals surface area contributed by atoms with E-state index < -0.39 is 0 Å². The maximum absolute atomic E-state index is 5.47. The summed E-state index contributed by atoms with van der Waals surface area (Å²) in [6.45, 7) is 11.6. The van der Waals surface area contributed by atoms with Gasteiger partial charge in [-0.2, -0.15) is 5.10 Å². The third-order valence-corrected chi connectivity index (χ3v) is 5.45. The van der Waals surface area contributed by atoms with Crippen molar-refractivity contribution in [2.24, 2.45) is 0 Å². The average molecular weight is 380 g/mol. The van der Waals surface area contributed by atoms with Crippen molar-refractivity contribution in [2.75, 3.05) is 31.6 Å². The van der Waals surface area contributed by atoms with E-state index >= 15 is 0 Å². The zero-order valence-electron chi connectivity index (χ0n) is 17.0. The number of rotatable bonds is 6. The van der Waals surface area contributed by atoms with Crippen LogP contribution < -0.4 is 5.32 Å². The number of morpholine rings is 1. The van der Waals surface area contributed by atoms with Gasteiger partial charge < -0.3 is 10.1 Å². The Morgan fingerprint density at radius 2 is 2.00 bits per heavy atom. The second-order valence-corrected chi connectivity index (χ2v) is 7.50. The van der Waals surface area contributed by atoms with E-state index in [0.717, 1.165) is 63.0 Å². The number of ether oxygens (including phenoxy) is 1. The summed E-state index contributed by atoms with van der Waals surface area (Å²) in [6.07, 6.45) is 3.14. The summed E-state index contributed by atoms with van der Waals surface area (Å²) in [6, 6.07) is 8.76. The summed E-state index contributed by atoms with van der Waals surface area (Å²) in [5.74, 6) is 0.789. The topological polar surface area (TPSA) is 54.7 Å². The van der Waals surface area contributed by atoms with Crippen molar-refractivity contribution in [3.05, 3.63) is 58.5 Å². The van der Waals surface area contributed by atoms with Gasteiger partial charge in [-0.25, -0.2) is 9.50 Å². The van der Waals surface area contributed by atoms with Gasteiger partial charge in [0, 0.05) is 32.4 Å². The molecule has 0 saturated carbocycles. The molecule has 0 unspecified atom stereocenters. The lowest BCUT2D eigenvalue weighted by Gasteiger charge is -2.26. The van der Waals surface area contributed by atoms with Gasteiger partial charge in [0.25, 0.3) is 0 Å². The quantitative estimate of drug-likeness (QED) is 0.712. The molecule has 1 aliphatic heterocycles. The maximum Gasteiger partial charge on any atom is 0.178 e. The second kappa shape index (κ2) is 8.29. The van der Waals surface area contributed by atoms with Gasteiger partial charge in [-0.15, -0.1) is 0 Å². The van der Waals surface area contributed by atoms with Crippen molar-refractivity contribution < 1.29 is 4.74 Å². The Morgan fingerprint density at radius 1 is 1.18 bits per heavy atom. The third kappa shape index (κ3) is 4.03. The normalized spacial score (nSPS) is 15.2. The van der Waals surface area contributed by atoms with Gasteiger partial charge >= 0.3 is 0 Å². The Balaban J connectivity index is 1.62. The predicted octanol–water partition coefficient (Wildman–Crippen LogP) is 3.35. The molecule has 2 aromatic heterocycles. The molecule has 1 N–H and O–H groups in total. The fourth-order valence-electron chi connectivity index (χ4n) is 3.91. The molecule has 0 spiro atoms. The van der Waals surface area contributed by atoms with Gasteiger partial charge in [0.15, 0.2) is 5.65 Å². The zero-order valence-corrected chi connectivity index (χ0v) is 17.0. The highest BCUT2D eigenvalue weighted by Gasteiger charge is 2.14. The molecule has 3 aromatic rings. The highest BCUT2D eigenvalue weighted by atomic mass is 16.5. The third-order valence-electron chi connectivity index (χ3n) is 5.45. The SMILES string of the molecule is CCc1cccc(C)c1CNc1cc(CN2CCOCC2)cn2nc(C)nc12. The van der Waals surface area contributed by atoms with E-state index in [1.54, 1.807) is 0 Å². The predicted molar refractivity (Wildman–Crippen MR) is 112 cm³/mol. The van der Waals surface area contributed by atoms with Crippen molar-refractivity contribution in [1.82, 2.24) is 19.5 Å². The maximum atomic E-state index is 5.47. The van der Waals surface area contributed by atoms with Crippen LogP contribution in [0.25, 0.3) is 5.65 Å². The first kappa shape index (κ1) is 18.9. The molecule has 1 aromatic carbocycles. The van der Waals surface area contributed by atoms with Crippen molar-refractivity contribution in [1.29, 1.82) is 0 Å². The van der Waals surface area contributed by atoms with Crippen LogP contribution >= 0.6 is 0 Å². The summed E-state index contributed by atoms with van der Waals surface area (Å²) >= 11 is 0. The van der Waals surface area contributed by atoms with Crippen LogP contribution in [0.5, 0.6) is 0 Å². The van der Waals surface area contributed by atoms with E-state index in [9.17, 15) is 0 Å². The van der Waals surface area contributed by atoms with Crippen molar-refractivity contribution in [3.8, 4) is 0 Å². The summed E-state index contributed by atoms with van der Waals surface area (Å²) in [5, 5.41) is 8.20. The molecule has 1 saturated heterocycles. The monoisotopic (exact) mass is 379 g/mol. The molecule has 0 atom stereocenters. The lowest BCUT2D eigenvalue weighted by Crippen LogP contribution is -2.35. The van der Waals surface area contributed by atoms with Crippen LogP contribution in [0, 0.1) is 13.8 Å². The van der Waals surface area contributed by atoms with Gasteiger partial charge in [0.1, 0.15) is 5.82 Å². The Labute approximate surface area is 166 Å². The van der Waals surface area contributed by atoms with E-state index in [1.165, 1.54) is 22.3 Å². The van der Waals surface area contributed by atoms with E-state index in [2.05, 4.69) is 64.6 Å². The second-order valence-electron chi connectivity index (χ2n) is 7.50. The highest BCUT2D eigenvalue weighted by Crippen LogP contribution is 2.22. The van der Waals surface area contributed by atoms with Crippen molar-refractivity contribution >= 4 is 11.3 Å². The minimum absolute atomic E-state index is 0.789. The summed E-state index contributed by atoms with van der Waals surface area (Å²) in [5.41, 5.74) is 7.25. The Kier molecular flexibility index (Phi) is 5.59. The Hall–Kier alpha value is -2.44. The number of aryl methyl sites for hydroxylation is 3. The zero-order chi connectivity index (χ0) is 19.5. The van der Waals surface area contributed by atoms with Crippen LogP contribution in [-0.4, -0.2) is 45.8 Å². The standard InChI is InChI=1S/C22H29N5O/c1-4-19-7-5-6-16(2)20(19)13-23-21-12-18(14-26-8-10-28-11-9-26)15-27-22(21)24-17(3)25-27/h5-7,12,15,23H,4,8-11,13-14H2,1-3H3. The van der Waals surface area contributed by atoms with Crippen LogP contribution in [0.3, 0.4) is 0 Å². The fourth-order valence-corrected chi connectivity index (χ4v) is 3.91. The van der Waals surface area contributed by atoms with Gasteiger partial charge in [-0.3, -0.25) is 4.90 Å². The number of fused-ring (bicyclic) bond motifs is 1. The molecule has 4 rings (SSSR count). The highest BCUT2D eigenvalue weighted by molar-refractivity contribution is 5.68. The summed E-state index contributed by atoms with van der Waals surface area (Å²) in [4.78, 5) is 7.06. The molecule has 148 valence electrons. The van der Waals surface area contributed by atoms with Gasteiger partial charge in [0.2, 0.25) is 0 Å². The molecule has 0 radical (unpaired) electrons. The first-order chi connectivity index (χ1) is 13.6. The molecule has 3 heterocycles. The van der Waals surface area contributed by atoms with Gasteiger partial charge in [-0.1, -0.05) is 25.1 Å². The van der Waals surface area contributed by atoms with Crippen LogP contribution in [0.1, 0.15) is 35.0 Å². The number of aromatic nitrogens is 3. The van der Waals surface area contributed by atoms with E-state index in [4.69, 9.17) is 4.74 Å². The molecule has 6 nitrogen and oxygen atoms in total. The molecule has 1 fully saturated rings. The number of anilines is 1. The Bertz CT molecular complexity index is 959. The lowest BCUT2D eigenvalue weighted by molar-refractivity contribution is 0.0341. The minimum Gasteiger partial charge on any atom is -0.379 e. The van der Waals surface area contributed by atoms with Crippen LogP contribution in [0.2, 0.25) is 0 Å². The van der Waals surface area contributed by atoms with E-state index in [-0.39, 0.29) is 0 Å². The van der Waals surface area contributed by atoms with Crippen molar-refractivity contribution in [2.45, 2.75) is 40.3 Å². The number of nitrogens with one attached hydrogen (secondary N) is 1. The molecule has 28 heavy (non-hydrogen) atoms. The van der Waals surface area contributed by atoms with Crippen LogP contribution in [0.4, 0.5) is 5.69 Å². The number of hydrogen-bond donors (Lipinski definition) is 1. The fraction of sp³-hybridized carbons (Fsp3) is 0.455. The van der Waals surface area contributed by atoms with E-state index in [0.29, 0.717) is 0 Å². The molecule has 1 aliphatic rings. The van der Waals surface area contributed by atoms with Crippen LogP contribution in [-0.2, 0) is 24.2 Å². The summed E-state index contributed by atoms with van der Waals surface area (Å²) < 4.78 is 7.38.